The van der Waals surface area contributed by atoms with Crippen LogP contribution >= 0.6 is 0 Å². The summed E-state index contributed by atoms with van der Waals surface area (Å²) in [6.45, 7) is 6.03. The summed E-state index contributed by atoms with van der Waals surface area (Å²) in [5.41, 5.74) is 6.80. The SMILES string of the molecule is Cc1ccccc1-c1ncnc2c1[nH]c(=O)n2-c1c(C)cccc1C. The van der Waals surface area contributed by atoms with Crippen LogP contribution in [0.5, 0.6) is 0 Å². The van der Waals surface area contributed by atoms with Gasteiger partial charge in [-0.1, -0.05) is 42.5 Å². The topological polar surface area (TPSA) is 63.6 Å². The van der Waals surface area contributed by atoms with E-state index in [1.165, 1.54) is 6.33 Å². The molecule has 2 heterocycles. The van der Waals surface area contributed by atoms with Crippen LogP contribution in [0.15, 0.2) is 53.6 Å². The summed E-state index contributed by atoms with van der Waals surface area (Å²) >= 11 is 0. The molecule has 1 N–H and O–H groups in total. The van der Waals surface area contributed by atoms with Crippen LogP contribution in [-0.2, 0) is 0 Å². The van der Waals surface area contributed by atoms with Crippen LogP contribution < -0.4 is 5.69 Å². The Bertz CT molecular complexity index is 1130. The smallest absolute Gasteiger partial charge is 0.302 e. The van der Waals surface area contributed by atoms with Crippen LogP contribution in [0.4, 0.5) is 0 Å². The molecular formula is C20H18N4O. The molecule has 4 aromatic rings. The van der Waals surface area contributed by atoms with Gasteiger partial charge in [-0.15, -0.1) is 0 Å². The maximum Gasteiger partial charge on any atom is 0.332 e. The van der Waals surface area contributed by atoms with Gasteiger partial charge in [-0.25, -0.2) is 19.3 Å². The molecular weight excluding hydrogens is 312 g/mol. The third-order valence-corrected chi connectivity index (χ3v) is 4.54. The van der Waals surface area contributed by atoms with Crippen molar-refractivity contribution in [1.29, 1.82) is 0 Å². The van der Waals surface area contributed by atoms with Crippen LogP contribution in [0.2, 0.25) is 0 Å². The van der Waals surface area contributed by atoms with Crippen molar-refractivity contribution in [2.45, 2.75) is 20.8 Å². The number of imidazole rings is 1. The summed E-state index contributed by atoms with van der Waals surface area (Å²) in [5, 5.41) is 0. The maximum atomic E-state index is 12.8. The van der Waals surface area contributed by atoms with Gasteiger partial charge in [0.05, 0.1) is 11.4 Å². The summed E-state index contributed by atoms with van der Waals surface area (Å²) in [4.78, 5) is 24.5. The number of para-hydroxylation sites is 1. The normalized spacial score (nSPS) is 11.2. The molecule has 5 heteroatoms. The molecule has 2 aromatic carbocycles. The zero-order valence-corrected chi connectivity index (χ0v) is 14.4. The number of benzene rings is 2. The molecule has 0 bridgehead atoms. The highest BCUT2D eigenvalue weighted by atomic mass is 16.1. The molecule has 5 nitrogen and oxygen atoms in total. The number of nitrogens with one attached hydrogen (secondary N) is 1. The van der Waals surface area contributed by atoms with Crippen molar-refractivity contribution in [3.8, 4) is 16.9 Å². The van der Waals surface area contributed by atoms with E-state index in [-0.39, 0.29) is 5.69 Å². The quantitative estimate of drug-likeness (QED) is 0.609. The number of aromatic nitrogens is 4. The summed E-state index contributed by atoms with van der Waals surface area (Å²) in [7, 11) is 0. The highest BCUT2D eigenvalue weighted by molar-refractivity contribution is 5.89. The van der Waals surface area contributed by atoms with E-state index in [4.69, 9.17) is 0 Å². The molecule has 0 aliphatic rings. The van der Waals surface area contributed by atoms with Gasteiger partial charge in [0.15, 0.2) is 5.65 Å². The molecule has 124 valence electrons. The molecule has 0 spiro atoms. The monoisotopic (exact) mass is 330 g/mol. The Morgan fingerprint density at radius 1 is 0.880 bits per heavy atom. The Hall–Kier alpha value is -3.21. The van der Waals surface area contributed by atoms with Crippen LogP contribution in [0.25, 0.3) is 28.1 Å². The molecule has 0 unspecified atom stereocenters. The Balaban J connectivity index is 2.08. The maximum absolute atomic E-state index is 12.8. The first-order chi connectivity index (χ1) is 12.1. The second-order valence-electron chi connectivity index (χ2n) is 6.24. The average Bonchev–Trinajstić information content (AvgIpc) is 2.92. The van der Waals surface area contributed by atoms with Crippen molar-refractivity contribution < 1.29 is 0 Å². The van der Waals surface area contributed by atoms with Gasteiger partial charge < -0.3 is 4.98 Å². The number of hydrogen-bond acceptors (Lipinski definition) is 3. The lowest BCUT2D eigenvalue weighted by Gasteiger charge is -2.10. The lowest BCUT2D eigenvalue weighted by molar-refractivity contribution is 0.974. The summed E-state index contributed by atoms with van der Waals surface area (Å²) < 4.78 is 1.64. The van der Waals surface area contributed by atoms with Gasteiger partial charge in [0.1, 0.15) is 11.8 Å². The van der Waals surface area contributed by atoms with Crippen molar-refractivity contribution >= 4 is 11.2 Å². The number of fused-ring (bicyclic) bond motifs is 1. The van der Waals surface area contributed by atoms with Crippen LogP contribution in [-0.4, -0.2) is 19.5 Å². The van der Waals surface area contributed by atoms with Gasteiger partial charge in [-0.2, -0.15) is 0 Å². The second kappa shape index (κ2) is 5.70. The van der Waals surface area contributed by atoms with E-state index in [0.29, 0.717) is 11.2 Å². The van der Waals surface area contributed by atoms with Crippen LogP contribution in [0.1, 0.15) is 16.7 Å². The molecule has 4 rings (SSSR count). The van der Waals surface area contributed by atoms with E-state index in [1.807, 2.05) is 63.2 Å². The van der Waals surface area contributed by atoms with Crippen molar-refractivity contribution in [3.63, 3.8) is 0 Å². The molecule has 0 saturated heterocycles. The Labute approximate surface area is 145 Å². The Morgan fingerprint density at radius 3 is 2.28 bits per heavy atom. The van der Waals surface area contributed by atoms with E-state index >= 15 is 0 Å². The first kappa shape index (κ1) is 15.3. The molecule has 0 radical (unpaired) electrons. The van der Waals surface area contributed by atoms with E-state index in [2.05, 4.69) is 15.0 Å². The third kappa shape index (κ3) is 2.36. The van der Waals surface area contributed by atoms with Gasteiger partial charge >= 0.3 is 5.69 Å². The van der Waals surface area contributed by atoms with Crippen molar-refractivity contribution in [3.05, 3.63) is 76.0 Å². The lowest BCUT2D eigenvalue weighted by atomic mass is 10.1. The minimum absolute atomic E-state index is 0.206. The molecule has 0 aliphatic carbocycles. The number of rotatable bonds is 2. The Kier molecular flexibility index (Phi) is 3.50. The zero-order valence-electron chi connectivity index (χ0n) is 14.4. The number of H-pyrrole nitrogens is 1. The van der Waals surface area contributed by atoms with Gasteiger partial charge in [0.2, 0.25) is 0 Å². The molecule has 0 saturated carbocycles. The van der Waals surface area contributed by atoms with Crippen molar-refractivity contribution in [1.82, 2.24) is 19.5 Å². The molecule has 0 atom stereocenters. The predicted octanol–water partition coefficient (Wildman–Crippen LogP) is 3.70. The van der Waals surface area contributed by atoms with Crippen molar-refractivity contribution in [2.75, 3.05) is 0 Å². The van der Waals surface area contributed by atoms with Crippen LogP contribution in [0, 0.1) is 20.8 Å². The highest BCUT2D eigenvalue weighted by Gasteiger charge is 2.18. The summed E-state index contributed by atoms with van der Waals surface area (Å²) in [5.74, 6) is 0. The third-order valence-electron chi connectivity index (χ3n) is 4.54. The average molecular weight is 330 g/mol. The fraction of sp³-hybridized carbons (Fsp3) is 0.150. The number of aromatic amines is 1. The number of aryl methyl sites for hydroxylation is 3. The highest BCUT2D eigenvalue weighted by Crippen LogP contribution is 2.28. The first-order valence-corrected chi connectivity index (χ1v) is 8.16. The molecule has 25 heavy (non-hydrogen) atoms. The van der Waals surface area contributed by atoms with Gasteiger partial charge in [-0.3, -0.25) is 0 Å². The van der Waals surface area contributed by atoms with Crippen LogP contribution in [0.3, 0.4) is 0 Å². The van der Waals surface area contributed by atoms with E-state index < -0.39 is 0 Å². The first-order valence-electron chi connectivity index (χ1n) is 8.16. The minimum atomic E-state index is -0.206. The van der Waals surface area contributed by atoms with E-state index in [9.17, 15) is 4.79 Å². The van der Waals surface area contributed by atoms with Gasteiger partial charge in [0.25, 0.3) is 0 Å². The molecule has 0 fully saturated rings. The number of hydrogen-bond donors (Lipinski definition) is 1. The number of nitrogens with zero attached hydrogens (tertiary/aromatic N) is 3. The lowest BCUT2D eigenvalue weighted by Crippen LogP contribution is -2.17. The van der Waals surface area contributed by atoms with E-state index in [1.54, 1.807) is 4.57 Å². The summed E-state index contributed by atoms with van der Waals surface area (Å²) in [6, 6.07) is 14.0. The predicted molar refractivity (Wildman–Crippen MR) is 99.1 cm³/mol. The molecule has 2 aromatic heterocycles. The van der Waals surface area contributed by atoms with Gasteiger partial charge in [-0.05, 0) is 37.5 Å². The van der Waals surface area contributed by atoms with E-state index in [0.717, 1.165) is 33.6 Å². The fourth-order valence-electron chi connectivity index (χ4n) is 3.33. The standard InChI is InChI=1S/C20H18N4O/c1-12-7-4-5-10-15(12)16-17-19(22-11-21-16)24(20(25)23-17)18-13(2)8-6-9-14(18)3/h4-11H,1-3H3,(H,23,25). The second-order valence-corrected chi connectivity index (χ2v) is 6.24. The largest absolute Gasteiger partial charge is 0.332 e. The zero-order chi connectivity index (χ0) is 17.6. The minimum Gasteiger partial charge on any atom is -0.302 e. The summed E-state index contributed by atoms with van der Waals surface area (Å²) in [6.07, 6.45) is 1.52. The fourth-order valence-corrected chi connectivity index (χ4v) is 3.33. The van der Waals surface area contributed by atoms with Gasteiger partial charge in [0, 0.05) is 5.56 Å². The molecule has 0 aliphatic heterocycles. The Morgan fingerprint density at radius 2 is 1.56 bits per heavy atom. The van der Waals surface area contributed by atoms with Crippen molar-refractivity contribution in [2.24, 2.45) is 0 Å². The molecule has 0 amide bonds.